The van der Waals surface area contributed by atoms with E-state index < -0.39 is 0 Å². The molecule has 0 saturated heterocycles. The van der Waals surface area contributed by atoms with Crippen molar-refractivity contribution in [1.29, 1.82) is 0 Å². The highest BCUT2D eigenvalue weighted by atomic mass is 16.5. The van der Waals surface area contributed by atoms with Crippen molar-refractivity contribution < 1.29 is 9.47 Å². The molecular weight excluding hydrogens is 202 g/mol. The van der Waals surface area contributed by atoms with Gasteiger partial charge in [-0.3, -0.25) is 0 Å². The Morgan fingerprint density at radius 3 is 3.12 bits per heavy atom. The van der Waals surface area contributed by atoms with Gasteiger partial charge in [0.2, 0.25) is 0 Å². The molecule has 1 heterocycles. The quantitative estimate of drug-likeness (QED) is 0.772. The van der Waals surface area contributed by atoms with E-state index in [9.17, 15) is 0 Å². The van der Waals surface area contributed by atoms with Gasteiger partial charge in [-0.25, -0.2) is 0 Å². The molecule has 1 aromatic rings. The molecule has 2 rings (SSSR count). The molecule has 1 aromatic carbocycles. The van der Waals surface area contributed by atoms with Gasteiger partial charge in [0, 0.05) is 12.5 Å². The van der Waals surface area contributed by atoms with Crippen LogP contribution in [0.4, 0.5) is 0 Å². The summed E-state index contributed by atoms with van der Waals surface area (Å²) in [6.45, 7) is 3.03. The number of nitrogens with two attached hydrogens (primary N) is 1. The van der Waals surface area contributed by atoms with E-state index in [-0.39, 0.29) is 0 Å². The first-order chi connectivity index (χ1) is 7.92. The van der Waals surface area contributed by atoms with E-state index in [1.54, 1.807) is 0 Å². The fourth-order valence-electron chi connectivity index (χ4n) is 2.00. The number of hydrogen-bond donors (Lipinski definition) is 1. The van der Waals surface area contributed by atoms with E-state index in [0.29, 0.717) is 12.5 Å². The molecule has 3 nitrogen and oxygen atoms in total. The Balaban J connectivity index is 1.91. The molecule has 0 aliphatic carbocycles. The Labute approximate surface area is 96.5 Å². The van der Waals surface area contributed by atoms with Crippen LogP contribution >= 0.6 is 0 Å². The predicted molar refractivity (Wildman–Crippen MR) is 63.8 cm³/mol. The highest BCUT2D eigenvalue weighted by Crippen LogP contribution is 2.33. The first-order valence-electron chi connectivity index (χ1n) is 5.91. The minimum atomic E-state index is 0.475. The monoisotopic (exact) mass is 221 g/mol. The van der Waals surface area contributed by atoms with Gasteiger partial charge in [-0.15, -0.1) is 0 Å². The van der Waals surface area contributed by atoms with Crippen molar-refractivity contribution in [3.63, 3.8) is 0 Å². The number of benzene rings is 1. The molecule has 0 radical (unpaired) electrons. The summed E-state index contributed by atoms with van der Waals surface area (Å²) < 4.78 is 11.2. The molecular formula is C13H19NO2. The fraction of sp³-hybridized carbons (Fsp3) is 0.538. The Morgan fingerprint density at radius 1 is 1.38 bits per heavy atom. The van der Waals surface area contributed by atoms with Gasteiger partial charge in [0.25, 0.3) is 0 Å². The molecule has 0 saturated carbocycles. The van der Waals surface area contributed by atoms with Crippen LogP contribution < -0.4 is 10.5 Å². The minimum Gasteiger partial charge on any atom is -0.493 e. The van der Waals surface area contributed by atoms with Crippen LogP contribution in [0.2, 0.25) is 0 Å². The van der Waals surface area contributed by atoms with Crippen molar-refractivity contribution in [2.45, 2.75) is 18.8 Å². The summed E-state index contributed by atoms with van der Waals surface area (Å²) in [6, 6.07) is 8.23. The van der Waals surface area contributed by atoms with Gasteiger partial charge in [-0.05, 0) is 31.0 Å². The van der Waals surface area contributed by atoms with E-state index in [1.165, 1.54) is 5.56 Å². The molecule has 0 fully saturated rings. The highest BCUT2D eigenvalue weighted by Gasteiger charge is 2.20. The van der Waals surface area contributed by atoms with Gasteiger partial charge < -0.3 is 15.2 Å². The zero-order valence-corrected chi connectivity index (χ0v) is 9.52. The number of fused-ring (bicyclic) bond motifs is 1. The first kappa shape index (κ1) is 11.4. The van der Waals surface area contributed by atoms with Crippen molar-refractivity contribution >= 4 is 0 Å². The lowest BCUT2D eigenvalue weighted by Gasteiger charge is -2.25. The third-order valence-electron chi connectivity index (χ3n) is 2.89. The third-order valence-corrected chi connectivity index (χ3v) is 2.89. The van der Waals surface area contributed by atoms with Crippen LogP contribution in [0.1, 0.15) is 24.3 Å². The molecule has 16 heavy (non-hydrogen) atoms. The first-order valence-corrected chi connectivity index (χ1v) is 5.91. The smallest absolute Gasteiger partial charge is 0.122 e. The molecule has 2 N–H and O–H groups in total. The van der Waals surface area contributed by atoms with Gasteiger partial charge in [-0.2, -0.15) is 0 Å². The summed E-state index contributed by atoms with van der Waals surface area (Å²) in [5.41, 5.74) is 6.70. The Kier molecular flexibility index (Phi) is 4.19. The van der Waals surface area contributed by atoms with Crippen molar-refractivity contribution in [1.82, 2.24) is 0 Å². The van der Waals surface area contributed by atoms with Crippen LogP contribution in [-0.2, 0) is 4.74 Å². The lowest BCUT2D eigenvalue weighted by Crippen LogP contribution is -2.19. The maximum absolute atomic E-state index is 5.63. The van der Waals surface area contributed by atoms with Crippen LogP contribution in [0.15, 0.2) is 24.3 Å². The minimum absolute atomic E-state index is 0.475. The largest absolute Gasteiger partial charge is 0.493 e. The van der Waals surface area contributed by atoms with Crippen molar-refractivity contribution in [2.75, 3.05) is 26.4 Å². The molecule has 88 valence electrons. The second-order valence-corrected chi connectivity index (χ2v) is 4.09. The van der Waals surface area contributed by atoms with Crippen molar-refractivity contribution in [2.24, 2.45) is 5.73 Å². The number of ether oxygens (including phenoxy) is 2. The summed E-state index contributed by atoms with van der Waals surface area (Å²) in [7, 11) is 0. The van der Waals surface area contributed by atoms with Crippen LogP contribution in [-0.4, -0.2) is 26.4 Å². The maximum Gasteiger partial charge on any atom is 0.122 e. The Bertz CT molecular complexity index is 327. The van der Waals surface area contributed by atoms with Crippen LogP contribution in [0.25, 0.3) is 0 Å². The predicted octanol–water partition coefficient (Wildman–Crippen LogP) is 1.92. The molecule has 0 amide bonds. The average Bonchev–Trinajstić information content (AvgIpc) is 2.35. The second-order valence-electron chi connectivity index (χ2n) is 4.09. The molecule has 1 aliphatic rings. The SMILES string of the molecule is NCCCOCC1CCOc2ccccc21. The molecule has 1 aliphatic heterocycles. The van der Waals surface area contributed by atoms with Gasteiger partial charge in [0.15, 0.2) is 0 Å². The second kappa shape index (κ2) is 5.87. The topological polar surface area (TPSA) is 44.5 Å². The molecule has 0 spiro atoms. The lowest BCUT2D eigenvalue weighted by atomic mass is 9.94. The fourth-order valence-corrected chi connectivity index (χ4v) is 2.00. The normalized spacial score (nSPS) is 18.9. The molecule has 3 heteroatoms. The van der Waals surface area contributed by atoms with Crippen LogP contribution in [0.3, 0.4) is 0 Å². The van der Waals surface area contributed by atoms with Crippen molar-refractivity contribution in [3.8, 4) is 5.75 Å². The van der Waals surface area contributed by atoms with Crippen LogP contribution in [0.5, 0.6) is 5.75 Å². The van der Waals surface area contributed by atoms with E-state index in [4.69, 9.17) is 15.2 Å². The molecule has 1 atom stereocenters. The zero-order valence-electron chi connectivity index (χ0n) is 9.52. The third kappa shape index (κ3) is 2.74. The zero-order chi connectivity index (χ0) is 11.2. The summed E-state index contributed by atoms with van der Waals surface area (Å²) >= 11 is 0. The summed E-state index contributed by atoms with van der Waals surface area (Å²) in [6.07, 6.45) is 1.98. The van der Waals surface area contributed by atoms with E-state index in [2.05, 4.69) is 12.1 Å². The Morgan fingerprint density at radius 2 is 2.25 bits per heavy atom. The highest BCUT2D eigenvalue weighted by molar-refractivity contribution is 5.37. The average molecular weight is 221 g/mol. The van der Waals surface area contributed by atoms with Crippen LogP contribution in [0, 0.1) is 0 Å². The molecule has 0 aromatic heterocycles. The number of hydrogen-bond acceptors (Lipinski definition) is 3. The van der Waals surface area contributed by atoms with Gasteiger partial charge in [-0.1, -0.05) is 18.2 Å². The van der Waals surface area contributed by atoms with E-state index >= 15 is 0 Å². The molecule has 0 bridgehead atoms. The van der Waals surface area contributed by atoms with Gasteiger partial charge in [0.1, 0.15) is 5.75 Å². The van der Waals surface area contributed by atoms with Gasteiger partial charge >= 0.3 is 0 Å². The van der Waals surface area contributed by atoms with Crippen molar-refractivity contribution in [3.05, 3.63) is 29.8 Å². The number of para-hydroxylation sites is 1. The summed E-state index contributed by atoms with van der Waals surface area (Å²) in [4.78, 5) is 0. The lowest BCUT2D eigenvalue weighted by molar-refractivity contribution is 0.105. The standard InChI is InChI=1S/C13H19NO2/c14-7-3-8-15-10-11-6-9-16-13-5-2-1-4-12(11)13/h1-2,4-5,11H,3,6-10,14H2. The summed E-state index contributed by atoms with van der Waals surface area (Å²) in [5, 5.41) is 0. The maximum atomic E-state index is 5.63. The molecule has 1 unspecified atom stereocenters. The summed E-state index contributed by atoms with van der Waals surface area (Å²) in [5.74, 6) is 1.49. The van der Waals surface area contributed by atoms with E-state index in [0.717, 1.165) is 38.4 Å². The number of rotatable bonds is 5. The van der Waals surface area contributed by atoms with E-state index in [1.807, 2.05) is 12.1 Å². The Hall–Kier alpha value is -1.06. The van der Waals surface area contributed by atoms with Gasteiger partial charge in [0.05, 0.1) is 13.2 Å².